The lowest BCUT2D eigenvalue weighted by Gasteiger charge is -2.22. The van der Waals surface area contributed by atoms with E-state index in [1.54, 1.807) is 0 Å². The molecule has 0 bridgehead atoms. The van der Waals surface area contributed by atoms with Gasteiger partial charge in [0.05, 0.1) is 17.4 Å². The van der Waals surface area contributed by atoms with E-state index in [-0.39, 0.29) is 18.2 Å². The maximum absolute atomic E-state index is 11.7. The third-order valence-electron chi connectivity index (χ3n) is 3.10. The van der Waals surface area contributed by atoms with Crippen molar-refractivity contribution in [2.45, 2.75) is 31.3 Å². The smallest absolute Gasteiger partial charge is 0.253 e. The Kier molecular flexibility index (Phi) is 3.28. The van der Waals surface area contributed by atoms with E-state index in [0.717, 1.165) is 25.7 Å². The van der Waals surface area contributed by atoms with Gasteiger partial charge < -0.3 is 15.5 Å². The number of nitrogens with zero attached hydrogens (tertiary/aromatic N) is 1. The van der Waals surface area contributed by atoms with Crippen molar-refractivity contribution in [1.82, 2.24) is 10.3 Å². The van der Waals surface area contributed by atoms with Crippen molar-refractivity contribution < 1.29 is 15.0 Å². The highest BCUT2D eigenvalue weighted by Gasteiger charge is 2.31. The third kappa shape index (κ3) is 2.94. The fourth-order valence-corrected chi connectivity index (χ4v) is 2.11. The van der Waals surface area contributed by atoms with E-state index < -0.39 is 5.60 Å². The number of amides is 1. The number of pyridine rings is 1. The second-order valence-electron chi connectivity index (χ2n) is 4.55. The summed E-state index contributed by atoms with van der Waals surface area (Å²) < 4.78 is 0. The summed E-state index contributed by atoms with van der Waals surface area (Å²) in [6.45, 7) is 0.251. The minimum Gasteiger partial charge on any atom is -0.506 e. The van der Waals surface area contributed by atoms with Crippen molar-refractivity contribution in [3.63, 3.8) is 0 Å². The molecule has 0 aromatic carbocycles. The van der Waals surface area contributed by atoms with Gasteiger partial charge in [-0.05, 0) is 18.9 Å². The van der Waals surface area contributed by atoms with E-state index in [1.165, 1.54) is 18.5 Å². The summed E-state index contributed by atoms with van der Waals surface area (Å²) in [5.41, 5.74) is -0.466. The highest BCUT2D eigenvalue weighted by atomic mass is 16.3. The molecule has 1 aliphatic carbocycles. The van der Waals surface area contributed by atoms with Gasteiger partial charge >= 0.3 is 0 Å². The van der Waals surface area contributed by atoms with E-state index in [4.69, 9.17) is 0 Å². The third-order valence-corrected chi connectivity index (χ3v) is 3.10. The molecule has 0 unspecified atom stereocenters. The number of nitrogens with one attached hydrogen (secondary N) is 1. The molecule has 1 heterocycles. The molecule has 92 valence electrons. The zero-order valence-electron chi connectivity index (χ0n) is 9.52. The number of aromatic hydroxyl groups is 1. The van der Waals surface area contributed by atoms with Crippen LogP contribution in [-0.4, -0.2) is 33.3 Å². The van der Waals surface area contributed by atoms with Crippen LogP contribution >= 0.6 is 0 Å². The Morgan fingerprint density at radius 1 is 1.41 bits per heavy atom. The number of aromatic nitrogens is 1. The van der Waals surface area contributed by atoms with Gasteiger partial charge in [0, 0.05) is 12.7 Å². The van der Waals surface area contributed by atoms with Gasteiger partial charge in [0.25, 0.3) is 5.91 Å². The zero-order valence-corrected chi connectivity index (χ0v) is 9.52. The van der Waals surface area contributed by atoms with Gasteiger partial charge in [-0.1, -0.05) is 12.8 Å². The Morgan fingerprint density at radius 2 is 2.12 bits per heavy atom. The first-order valence-corrected chi connectivity index (χ1v) is 5.74. The van der Waals surface area contributed by atoms with Gasteiger partial charge in [0.2, 0.25) is 0 Å². The Labute approximate surface area is 99.5 Å². The Balaban J connectivity index is 1.93. The van der Waals surface area contributed by atoms with Crippen molar-refractivity contribution in [3.05, 3.63) is 24.0 Å². The molecule has 17 heavy (non-hydrogen) atoms. The maximum atomic E-state index is 11.7. The molecular weight excluding hydrogens is 220 g/mol. The summed E-state index contributed by atoms with van der Waals surface area (Å²) in [5, 5.41) is 21.9. The Morgan fingerprint density at radius 3 is 2.76 bits per heavy atom. The molecule has 1 fully saturated rings. The van der Waals surface area contributed by atoms with E-state index in [1.807, 2.05) is 0 Å². The van der Waals surface area contributed by atoms with Crippen molar-refractivity contribution in [2.75, 3.05) is 6.54 Å². The van der Waals surface area contributed by atoms with Crippen molar-refractivity contribution in [2.24, 2.45) is 0 Å². The average molecular weight is 236 g/mol. The summed E-state index contributed by atoms with van der Waals surface area (Å²) in [6, 6.07) is 1.35. The lowest BCUT2D eigenvalue weighted by molar-refractivity contribution is 0.0449. The van der Waals surface area contributed by atoms with Crippen LogP contribution in [-0.2, 0) is 0 Å². The molecule has 1 aliphatic rings. The molecule has 0 aliphatic heterocycles. The zero-order chi connectivity index (χ0) is 12.3. The first-order chi connectivity index (χ1) is 8.09. The number of carbonyl (C=O) groups is 1. The number of carbonyl (C=O) groups excluding carboxylic acids is 1. The van der Waals surface area contributed by atoms with Crippen LogP contribution in [0.5, 0.6) is 5.75 Å². The Hall–Kier alpha value is -1.62. The van der Waals surface area contributed by atoms with E-state index in [0.29, 0.717) is 5.56 Å². The molecule has 5 nitrogen and oxygen atoms in total. The lowest BCUT2D eigenvalue weighted by atomic mass is 10.0. The van der Waals surface area contributed by atoms with Crippen LogP contribution in [0.4, 0.5) is 0 Å². The number of hydrogen-bond acceptors (Lipinski definition) is 4. The standard InChI is InChI=1S/C12H16N2O3/c15-10-5-9(6-13-7-10)11(16)14-8-12(17)3-1-2-4-12/h5-7,15,17H,1-4,8H2,(H,14,16). The average Bonchev–Trinajstić information content (AvgIpc) is 2.74. The van der Waals surface area contributed by atoms with Crippen molar-refractivity contribution in [1.29, 1.82) is 0 Å². The quantitative estimate of drug-likeness (QED) is 0.725. The topological polar surface area (TPSA) is 82.5 Å². The Bertz CT molecular complexity index is 414. The molecule has 1 saturated carbocycles. The molecule has 0 radical (unpaired) electrons. The van der Waals surface area contributed by atoms with Crippen molar-refractivity contribution >= 4 is 5.91 Å². The molecule has 1 aromatic rings. The predicted octanol–water partition coefficient (Wildman–Crippen LogP) is 0.822. The van der Waals surface area contributed by atoms with Crippen LogP contribution in [0.1, 0.15) is 36.0 Å². The van der Waals surface area contributed by atoms with E-state index in [2.05, 4.69) is 10.3 Å². The van der Waals surface area contributed by atoms with Crippen LogP contribution < -0.4 is 5.32 Å². The van der Waals surface area contributed by atoms with Crippen LogP contribution in [0, 0.1) is 0 Å². The highest BCUT2D eigenvalue weighted by Crippen LogP contribution is 2.28. The van der Waals surface area contributed by atoms with Gasteiger partial charge in [-0.25, -0.2) is 0 Å². The minimum atomic E-state index is -0.764. The number of hydrogen-bond donors (Lipinski definition) is 3. The van der Waals surface area contributed by atoms with Crippen molar-refractivity contribution in [3.8, 4) is 5.75 Å². The van der Waals surface area contributed by atoms with E-state index in [9.17, 15) is 15.0 Å². The van der Waals surface area contributed by atoms with Gasteiger partial charge in [0.15, 0.2) is 0 Å². The summed E-state index contributed by atoms with van der Waals surface area (Å²) in [7, 11) is 0. The molecular formula is C12H16N2O3. The maximum Gasteiger partial charge on any atom is 0.253 e. The highest BCUT2D eigenvalue weighted by molar-refractivity contribution is 5.94. The second-order valence-corrected chi connectivity index (χ2v) is 4.55. The molecule has 0 spiro atoms. The molecule has 1 amide bonds. The van der Waals surface area contributed by atoms with Gasteiger partial charge in [-0.3, -0.25) is 9.78 Å². The summed E-state index contributed by atoms with van der Waals surface area (Å²) in [5.74, 6) is -0.369. The van der Waals surface area contributed by atoms with Gasteiger partial charge in [-0.2, -0.15) is 0 Å². The van der Waals surface area contributed by atoms with Gasteiger partial charge in [-0.15, -0.1) is 0 Å². The summed E-state index contributed by atoms with van der Waals surface area (Å²) in [6.07, 6.45) is 6.10. The number of rotatable bonds is 3. The van der Waals surface area contributed by atoms with Crippen LogP contribution in [0.25, 0.3) is 0 Å². The van der Waals surface area contributed by atoms with E-state index >= 15 is 0 Å². The summed E-state index contributed by atoms with van der Waals surface area (Å²) >= 11 is 0. The molecule has 0 atom stereocenters. The predicted molar refractivity (Wildman–Crippen MR) is 61.7 cm³/mol. The number of aliphatic hydroxyl groups is 1. The first-order valence-electron chi connectivity index (χ1n) is 5.74. The largest absolute Gasteiger partial charge is 0.506 e. The second kappa shape index (κ2) is 4.71. The lowest BCUT2D eigenvalue weighted by Crippen LogP contribution is -2.40. The monoisotopic (exact) mass is 236 g/mol. The molecule has 0 saturated heterocycles. The van der Waals surface area contributed by atoms with Crippen LogP contribution in [0.3, 0.4) is 0 Å². The normalized spacial score (nSPS) is 17.9. The van der Waals surface area contributed by atoms with Gasteiger partial charge in [0.1, 0.15) is 5.75 Å². The molecule has 2 rings (SSSR count). The SMILES string of the molecule is O=C(NCC1(O)CCCC1)c1cncc(O)c1. The van der Waals surface area contributed by atoms with Crippen LogP contribution in [0.15, 0.2) is 18.5 Å². The fraction of sp³-hybridized carbons (Fsp3) is 0.500. The minimum absolute atomic E-state index is 0.0442. The first kappa shape index (κ1) is 11.9. The molecule has 3 N–H and O–H groups in total. The fourth-order valence-electron chi connectivity index (χ4n) is 2.11. The molecule has 1 aromatic heterocycles. The summed E-state index contributed by atoms with van der Waals surface area (Å²) in [4.78, 5) is 15.5. The molecule has 5 heteroatoms. The van der Waals surface area contributed by atoms with Crippen LogP contribution in [0.2, 0.25) is 0 Å².